The fraction of sp³-hybridized carbons (Fsp3) is 0.688. The van der Waals surface area contributed by atoms with Crippen LogP contribution in [0.4, 0.5) is 0 Å². The topological polar surface area (TPSA) is 65.1 Å². The molecule has 1 fully saturated rings. The maximum atomic E-state index is 12.6. The first-order chi connectivity index (χ1) is 11.0. The number of hydrogen-bond acceptors (Lipinski definition) is 4. The number of aromatic nitrogens is 4. The van der Waals surface area contributed by atoms with Crippen LogP contribution in [-0.2, 0) is 20.6 Å². The van der Waals surface area contributed by atoms with Crippen molar-refractivity contribution in [1.82, 2.24) is 23.6 Å². The lowest BCUT2D eigenvalue weighted by Crippen LogP contribution is -2.40. The maximum Gasteiger partial charge on any atom is 0.332 e. The Labute approximate surface area is 135 Å². The first-order valence-electron chi connectivity index (χ1n) is 8.32. The molecule has 1 aliphatic rings. The molecule has 0 atom stereocenters. The van der Waals surface area contributed by atoms with Crippen molar-refractivity contribution in [3.63, 3.8) is 0 Å². The highest BCUT2D eigenvalue weighted by molar-refractivity contribution is 5.69. The van der Waals surface area contributed by atoms with Gasteiger partial charge in [0.2, 0.25) is 0 Å². The zero-order chi connectivity index (χ0) is 16.6. The zero-order valence-electron chi connectivity index (χ0n) is 14.2. The number of piperidine rings is 1. The Kier molecular flexibility index (Phi) is 4.39. The second-order valence-corrected chi connectivity index (χ2v) is 6.70. The van der Waals surface area contributed by atoms with Crippen molar-refractivity contribution in [1.29, 1.82) is 0 Å². The molecule has 0 unspecified atom stereocenters. The molecule has 0 saturated carbocycles. The number of hydrogen-bond donors (Lipinski definition) is 0. The van der Waals surface area contributed by atoms with E-state index < -0.39 is 0 Å². The van der Waals surface area contributed by atoms with Gasteiger partial charge in [0.05, 0.1) is 6.33 Å². The van der Waals surface area contributed by atoms with Crippen LogP contribution in [0.3, 0.4) is 0 Å². The lowest BCUT2D eigenvalue weighted by atomic mass is 9.99. The summed E-state index contributed by atoms with van der Waals surface area (Å²) in [6.07, 6.45) is 4.86. The molecule has 0 amide bonds. The molecule has 3 rings (SSSR count). The molecule has 3 heterocycles. The van der Waals surface area contributed by atoms with E-state index in [0.717, 1.165) is 32.0 Å². The molecule has 2 aromatic heterocycles. The summed E-state index contributed by atoms with van der Waals surface area (Å²) in [7, 11) is 3.44. The molecule has 0 aliphatic carbocycles. The standard InChI is InChI=1S/C16H25N5O2/c1-12-5-9-20(10-6-12)7-4-8-21-15(22)13-14(17-11-18(13)2)19(3)16(21)23/h11-12H,4-10H2,1-3H3. The van der Waals surface area contributed by atoms with Crippen LogP contribution in [0.25, 0.3) is 11.2 Å². The summed E-state index contributed by atoms with van der Waals surface area (Å²) < 4.78 is 4.48. The van der Waals surface area contributed by atoms with E-state index in [0.29, 0.717) is 17.7 Å². The molecule has 0 aromatic carbocycles. The SMILES string of the molecule is CC1CCN(CCCn2c(=O)c3c(ncn3C)n(C)c2=O)CC1. The summed E-state index contributed by atoms with van der Waals surface area (Å²) in [6, 6.07) is 0. The fourth-order valence-corrected chi connectivity index (χ4v) is 3.33. The fourth-order valence-electron chi connectivity index (χ4n) is 3.33. The minimum absolute atomic E-state index is 0.240. The van der Waals surface area contributed by atoms with E-state index in [9.17, 15) is 9.59 Å². The molecule has 1 saturated heterocycles. The average Bonchev–Trinajstić information content (AvgIpc) is 2.92. The number of aryl methyl sites for hydroxylation is 2. The van der Waals surface area contributed by atoms with Crippen molar-refractivity contribution in [2.24, 2.45) is 20.0 Å². The van der Waals surface area contributed by atoms with Crippen LogP contribution in [-0.4, -0.2) is 43.2 Å². The van der Waals surface area contributed by atoms with Gasteiger partial charge in [0.25, 0.3) is 5.56 Å². The summed E-state index contributed by atoms with van der Waals surface area (Å²) in [5.74, 6) is 0.813. The van der Waals surface area contributed by atoms with E-state index in [4.69, 9.17) is 0 Å². The van der Waals surface area contributed by atoms with E-state index in [1.54, 1.807) is 25.0 Å². The maximum absolute atomic E-state index is 12.6. The third-order valence-corrected chi connectivity index (χ3v) is 4.93. The van der Waals surface area contributed by atoms with E-state index in [-0.39, 0.29) is 11.2 Å². The molecule has 126 valence electrons. The number of rotatable bonds is 4. The second kappa shape index (κ2) is 6.31. The quantitative estimate of drug-likeness (QED) is 0.826. The molecular weight excluding hydrogens is 294 g/mol. The summed E-state index contributed by atoms with van der Waals surface area (Å²) >= 11 is 0. The number of imidazole rings is 1. The molecule has 23 heavy (non-hydrogen) atoms. The molecule has 1 aliphatic heterocycles. The van der Waals surface area contributed by atoms with Gasteiger partial charge in [0.15, 0.2) is 11.2 Å². The van der Waals surface area contributed by atoms with Gasteiger partial charge in [-0.25, -0.2) is 9.78 Å². The van der Waals surface area contributed by atoms with Gasteiger partial charge in [0.1, 0.15) is 0 Å². The van der Waals surface area contributed by atoms with Crippen LogP contribution in [0.5, 0.6) is 0 Å². The number of fused-ring (bicyclic) bond motifs is 1. The minimum Gasteiger partial charge on any atom is -0.328 e. The van der Waals surface area contributed by atoms with Crippen molar-refractivity contribution >= 4 is 11.2 Å². The molecule has 2 aromatic rings. The van der Waals surface area contributed by atoms with Crippen molar-refractivity contribution in [3.8, 4) is 0 Å². The highest BCUT2D eigenvalue weighted by Gasteiger charge is 2.17. The van der Waals surface area contributed by atoms with Crippen LogP contribution in [0.15, 0.2) is 15.9 Å². The number of nitrogens with zero attached hydrogens (tertiary/aromatic N) is 5. The molecule has 7 nitrogen and oxygen atoms in total. The van der Waals surface area contributed by atoms with Crippen LogP contribution < -0.4 is 11.2 Å². The van der Waals surface area contributed by atoms with E-state index in [1.807, 2.05) is 0 Å². The van der Waals surface area contributed by atoms with Gasteiger partial charge in [-0.2, -0.15) is 0 Å². The van der Waals surface area contributed by atoms with E-state index in [2.05, 4.69) is 16.8 Å². The van der Waals surface area contributed by atoms with Crippen LogP contribution >= 0.6 is 0 Å². The molecule has 7 heteroatoms. The second-order valence-electron chi connectivity index (χ2n) is 6.70. The van der Waals surface area contributed by atoms with Crippen molar-refractivity contribution in [2.75, 3.05) is 19.6 Å². The first kappa shape index (κ1) is 16.0. The zero-order valence-corrected chi connectivity index (χ0v) is 14.2. The van der Waals surface area contributed by atoms with Crippen molar-refractivity contribution < 1.29 is 0 Å². The molecule has 0 bridgehead atoms. The third-order valence-electron chi connectivity index (χ3n) is 4.93. The predicted octanol–water partition coefficient (Wildman–Crippen LogP) is 0.556. The number of likely N-dealkylation sites (tertiary alicyclic amines) is 1. The summed E-state index contributed by atoms with van der Waals surface area (Å²) in [6.45, 7) is 5.93. The Balaban J connectivity index is 1.77. The Hall–Kier alpha value is -1.89. The highest BCUT2D eigenvalue weighted by atomic mass is 16.2. The van der Waals surface area contributed by atoms with Gasteiger partial charge >= 0.3 is 5.69 Å². The monoisotopic (exact) mass is 319 g/mol. The smallest absolute Gasteiger partial charge is 0.328 e. The molecular formula is C16H25N5O2. The summed E-state index contributed by atoms with van der Waals surface area (Å²) in [4.78, 5) is 31.6. The van der Waals surface area contributed by atoms with Crippen LogP contribution in [0, 0.1) is 5.92 Å². The van der Waals surface area contributed by atoms with Gasteiger partial charge < -0.3 is 9.47 Å². The van der Waals surface area contributed by atoms with Gasteiger partial charge in [-0.05, 0) is 44.8 Å². The van der Waals surface area contributed by atoms with Crippen molar-refractivity contribution in [2.45, 2.75) is 32.7 Å². The molecule has 0 N–H and O–H groups in total. The lowest BCUT2D eigenvalue weighted by Gasteiger charge is -2.30. The van der Waals surface area contributed by atoms with Gasteiger partial charge in [-0.3, -0.25) is 13.9 Å². The predicted molar refractivity (Wildman–Crippen MR) is 89.7 cm³/mol. The van der Waals surface area contributed by atoms with Gasteiger partial charge in [0, 0.05) is 20.6 Å². The first-order valence-corrected chi connectivity index (χ1v) is 8.32. The van der Waals surface area contributed by atoms with Crippen molar-refractivity contribution in [3.05, 3.63) is 27.2 Å². The Morgan fingerprint density at radius 1 is 1.17 bits per heavy atom. The summed E-state index contributed by atoms with van der Waals surface area (Å²) in [5, 5.41) is 0. The minimum atomic E-state index is -0.284. The normalized spacial score (nSPS) is 17.2. The Morgan fingerprint density at radius 2 is 1.87 bits per heavy atom. The molecule has 0 radical (unpaired) electrons. The van der Waals surface area contributed by atoms with Crippen LogP contribution in [0.2, 0.25) is 0 Å². The average molecular weight is 319 g/mol. The van der Waals surface area contributed by atoms with Gasteiger partial charge in [-0.1, -0.05) is 6.92 Å². The molecule has 0 spiro atoms. The largest absolute Gasteiger partial charge is 0.332 e. The third kappa shape index (κ3) is 2.97. The lowest BCUT2D eigenvalue weighted by molar-refractivity contribution is 0.187. The van der Waals surface area contributed by atoms with Gasteiger partial charge in [-0.15, -0.1) is 0 Å². The summed E-state index contributed by atoms with van der Waals surface area (Å²) in [5.41, 5.74) is 0.409. The highest BCUT2D eigenvalue weighted by Crippen LogP contribution is 2.15. The Bertz CT molecular complexity index is 808. The van der Waals surface area contributed by atoms with E-state index >= 15 is 0 Å². The van der Waals surface area contributed by atoms with E-state index in [1.165, 1.54) is 22.0 Å². The van der Waals surface area contributed by atoms with Crippen LogP contribution in [0.1, 0.15) is 26.2 Å². The Morgan fingerprint density at radius 3 is 2.57 bits per heavy atom.